The molecule has 2 heteroatoms. The average molecular weight is 727 g/mol. The van der Waals surface area contributed by atoms with Gasteiger partial charge in [0.2, 0.25) is 0 Å². The summed E-state index contributed by atoms with van der Waals surface area (Å²) in [6, 6.07) is 70.1. The van der Waals surface area contributed by atoms with Crippen LogP contribution in [0.25, 0.3) is 99.6 Å². The summed E-state index contributed by atoms with van der Waals surface area (Å²) in [7, 11) is 0. The highest BCUT2D eigenvalue weighted by Crippen LogP contribution is 2.52. The largest absolute Gasteiger partial charge is 0.228 e. The standard InChI is InChI=1S/C55H38N2/c1-55(2)49-25-11-10-22-45(49)47-24-13-23-44(53(47)55)39-18-12-19-41(32-39)51-34-50(38-28-26-36(27-29-38)35-14-4-3-5-15-35)56-54(57-51)52-43-21-9-7-17-40(43)33-48-42-20-8-6-16-37(42)30-31-46(48)52/h3-34H,1-2H3. The van der Waals surface area contributed by atoms with E-state index in [9.17, 15) is 0 Å². The van der Waals surface area contributed by atoms with Crippen LogP contribution in [0.1, 0.15) is 25.0 Å². The third kappa shape index (κ3) is 5.40. The van der Waals surface area contributed by atoms with Crippen molar-refractivity contribution < 1.29 is 0 Å². The molecule has 0 unspecified atom stereocenters. The molecule has 0 N–H and O–H groups in total. The van der Waals surface area contributed by atoms with Gasteiger partial charge in [-0.1, -0.05) is 190 Å². The summed E-state index contributed by atoms with van der Waals surface area (Å²) in [5.74, 6) is 0.717. The molecule has 9 aromatic carbocycles. The first-order valence-corrected chi connectivity index (χ1v) is 19.7. The van der Waals surface area contributed by atoms with Crippen molar-refractivity contribution in [3.63, 3.8) is 0 Å². The molecule has 0 aliphatic heterocycles. The van der Waals surface area contributed by atoms with Crippen molar-refractivity contribution in [2.24, 2.45) is 0 Å². The van der Waals surface area contributed by atoms with Gasteiger partial charge in [-0.25, -0.2) is 9.97 Å². The number of nitrogens with zero attached hydrogens (tertiary/aromatic N) is 2. The first kappa shape index (κ1) is 33.2. The number of aromatic nitrogens is 2. The van der Waals surface area contributed by atoms with Crippen molar-refractivity contribution in [2.75, 3.05) is 0 Å². The molecule has 0 radical (unpaired) electrons. The Labute approximate surface area is 332 Å². The van der Waals surface area contributed by atoms with Crippen molar-refractivity contribution in [1.82, 2.24) is 9.97 Å². The molecular weight excluding hydrogens is 689 g/mol. The van der Waals surface area contributed by atoms with E-state index in [4.69, 9.17) is 9.97 Å². The fraction of sp³-hybridized carbons (Fsp3) is 0.0545. The zero-order valence-electron chi connectivity index (χ0n) is 31.9. The summed E-state index contributed by atoms with van der Waals surface area (Å²) in [4.78, 5) is 10.9. The van der Waals surface area contributed by atoms with E-state index in [-0.39, 0.29) is 5.41 Å². The Kier molecular flexibility index (Phi) is 7.55. The minimum absolute atomic E-state index is 0.126. The predicted octanol–water partition coefficient (Wildman–Crippen LogP) is 14.6. The minimum Gasteiger partial charge on any atom is -0.228 e. The normalized spacial score (nSPS) is 12.9. The molecule has 1 aromatic heterocycles. The Morgan fingerprint density at radius 2 is 0.947 bits per heavy atom. The number of fused-ring (bicyclic) bond motifs is 7. The van der Waals surface area contributed by atoms with E-state index in [0.717, 1.165) is 38.9 Å². The van der Waals surface area contributed by atoms with Crippen LogP contribution in [0.5, 0.6) is 0 Å². The molecule has 0 amide bonds. The van der Waals surface area contributed by atoms with E-state index >= 15 is 0 Å². The van der Waals surface area contributed by atoms with Gasteiger partial charge in [0.25, 0.3) is 0 Å². The van der Waals surface area contributed by atoms with Crippen LogP contribution in [0, 0.1) is 0 Å². The molecule has 57 heavy (non-hydrogen) atoms. The van der Waals surface area contributed by atoms with Crippen LogP contribution in [-0.2, 0) is 5.41 Å². The van der Waals surface area contributed by atoms with Crippen LogP contribution in [-0.4, -0.2) is 9.97 Å². The molecule has 11 rings (SSSR count). The van der Waals surface area contributed by atoms with E-state index < -0.39 is 0 Å². The Morgan fingerprint density at radius 3 is 1.79 bits per heavy atom. The number of rotatable bonds is 5. The maximum absolute atomic E-state index is 5.50. The first-order valence-electron chi connectivity index (χ1n) is 19.7. The van der Waals surface area contributed by atoms with Crippen LogP contribution in [0.2, 0.25) is 0 Å². The summed E-state index contributed by atoms with van der Waals surface area (Å²) in [5, 5.41) is 7.10. The van der Waals surface area contributed by atoms with Crippen LogP contribution >= 0.6 is 0 Å². The predicted molar refractivity (Wildman–Crippen MR) is 239 cm³/mol. The zero-order chi connectivity index (χ0) is 38.1. The summed E-state index contributed by atoms with van der Waals surface area (Å²) >= 11 is 0. The Morgan fingerprint density at radius 1 is 0.351 bits per heavy atom. The second kappa shape index (κ2) is 13.0. The van der Waals surface area contributed by atoms with E-state index in [1.807, 2.05) is 0 Å². The monoisotopic (exact) mass is 726 g/mol. The van der Waals surface area contributed by atoms with Gasteiger partial charge >= 0.3 is 0 Å². The maximum Gasteiger partial charge on any atom is 0.161 e. The lowest BCUT2D eigenvalue weighted by molar-refractivity contribution is 0.662. The fourth-order valence-corrected chi connectivity index (χ4v) is 9.31. The van der Waals surface area contributed by atoms with E-state index in [2.05, 4.69) is 208 Å². The van der Waals surface area contributed by atoms with Crippen molar-refractivity contribution in [3.05, 3.63) is 205 Å². The molecule has 0 spiro atoms. The van der Waals surface area contributed by atoms with Crippen molar-refractivity contribution in [1.29, 1.82) is 0 Å². The Balaban J connectivity index is 1.13. The van der Waals surface area contributed by atoms with Crippen molar-refractivity contribution >= 4 is 32.3 Å². The lowest BCUT2D eigenvalue weighted by Crippen LogP contribution is -2.16. The molecule has 10 aromatic rings. The Bertz CT molecular complexity index is 3190. The summed E-state index contributed by atoms with van der Waals surface area (Å²) in [6.45, 7) is 4.71. The molecule has 0 bridgehead atoms. The van der Waals surface area contributed by atoms with E-state index in [1.54, 1.807) is 0 Å². The molecule has 1 aliphatic carbocycles. The van der Waals surface area contributed by atoms with Gasteiger partial charge in [0.15, 0.2) is 5.82 Å². The second-order valence-corrected chi connectivity index (χ2v) is 15.7. The number of benzene rings is 9. The van der Waals surface area contributed by atoms with Crippen LogP contribution in [0.3, 0.4) is 0 Å². The third-order valence-corrected chi connectivity index (χ3v) is 12.1. The third-order valence-electron chi connectivity index (χ3n) is 12.1. The molecule has 0 atom stereocenters. The Hall–Kier alpha value is -7.16. The molecule has 0 saturated heterocycles. The van der Waals surface area contributed by atoms with Gasteiger partial charge in [0.1, 0.15) is 0 Å². The lowest BCUT2D eigenvalue weighted by Gasteiger charge is -2.24. The zero-order valence-corrected chi connectivity index (χ0v) is 31.9. The first-order chi connectivity index (χ1) is 28.0. The fourth-order valence-electron chi connectivity index (χ4n) is 9.31. The van der Waals surface area contributed by atoms with Gasteiger partial charge in [-0.3, -0.25) is 0 Å². The highest BCUT2D eigenvalue weighted by atomic mass is 14.9. The van der Waals surface area contributed by atoms with E-state index in [1.165, 1.54) is 66.1 Å². The topological polar surface area (TPSA) is 25.8 Å². The lowest BCUT2D eigenvalue weighted by atomic mass is 9.78. The van der Waals surface area contributed by atoms with Gasteiger partial charge in [0, 0.05) is 22.1 Å². The van der Waals surface area contributed by atoms with E-state index in [0.29, 0.717) is 5.82 Å². The summed E-state index contributed by atoms with van der Waals surface area (Å²) in [6.07, 6.45) is 0. The van der Waals surface area contributed by atoms with Crippen LogP contribution in [0.15, 0.2) is 194 Å². The molecular formula is C55H38N2. The molecule has 268 valence electrons. The highest BCUT2D eigenvalue weighted by molar-refractivity contribution is 6.19. The van der Waals surface area contributed by atoms with Crippen LogP contribution < -0.4 is 0 Å². The smallest absolute Gasteiger partial charge is 0.161 e. The second-order valence-electron chi connectivity index (χ2n) is 15.7. The average Bonchev–Trinajstić information content (AvgIpc) is 3.51. The van der Waals surface area contributed by atoms with Gasteiger partial charge in [-0.2, -0.15) is 0 Å². The van der Waals surface area contributed by atoms with Crippen molar-refractivity contribution in [3.8, 4) is 67.3 Å². The molecule has 1 aliphatic rings. The van der Waals surface area contributed by atoms with Crippen molar-refractivity contribution in [2.45, 2.75) is 19.3 Å². The summed E-state index contributed by atoms with van der Waals surface area (Å²) < 4.78 is 0. The molecule has 1 heterocycles. The van der Waals surface area contributed by atoms with Crippen LogP contribution in [0.4, 0.5) is 0 Å². The SMILES string of the molecule is CC1(C)c2ccccc2-c2cccc(-c3cccc(-c4cc(-c5ccc(-c6ccccc6)cc5)nc(-c5c6ccccc6cc6c5ccc5ccccc56)n4)c3)c21. The van der Waals surface area contributed by atoms with Gasteiger partial charge in [-0.15, -0.1) is 0 Å². The quantitative estimate of drug-likeness (QED) is 0.130. The highest BCUT2D eigenvalue weighted by Gasteiger charge is 2.37. The number of hydrogen-bond acceptors (Lipinski definition) is 2. The van der Waals surface area contributed by atoms with Gasteiger partial charge < -0.3 is 0 Å². The number of hydrogen-bond donors (Lipinski definition) is 0. The van der Waals surface area contributed by atoms with Gasteiger partial charge in [-0.05, 0) is 95.0 Å². The van der Waals surface area contributed by atoms with Gasteiger partial charge in [0.05, 0.1) is 11.4 Å². The molecule has 2 nitrogen and oxygen atoms in total. The molecule has 0 fully saturated rings. The maximum atomic E-state index is 5.50. The molecule has 0 saturated carbocycles. The minimum atomic E-state index is -0.126. The summed E-state index contributed by atoms with van der Waals surface area (Å²) in [5.41, 5.74) is 15.0.